The van der Waals surface area contributed by atoms with Gasteiger partial charge in [0.2, 0.25) is 5.95 Å². The molecule has 2 N–H and O–H groups in total. The predicted molar refractivity (Wildman–Crippen MR) is 126 cm³/mol. The number of aliphatic imine (C=N–C) groups is 1. The van der Waals surface area contributed by atoms with Crippen molar-refractivity contribution in [1.82, 2.24) is 15.3 Å². The van der Waals surface area contributed by atoms with Gasteiger partial charge in [0.1, 0.15) is 11.2 Å². The minimum absolute atomic E-state index is 0.0303. The van der Waals surface area contributed by atoms with Crippen molar-refractivity contribution in [2.24, 2.45) is 10.9 Å². The molecule has 0 saturated carbocycles. The van der Waals surface area contributed by atoms with Gasteiger partial charge in [0.25, 0.3) is 5.91 Å². The number of hydrogen-bond donors (Lipinski definition) is 2. The molecule has 3 heterocycles. The van der Waals surface area contributed by atoms with E-state index in [1.54, 1.807) is 12.1 Å². The lowest BCUT2D eigenvalue weighted by atomic mass is 9.82. The van der Waals surface area contributed by atoms with Crippen LogP contribution in [0.2, 0.25) is 0 Å². The van der Waals surface area contributed by atoms with E-state index < -0.39 is 18.0 Å². The number of nitrogens with one attached hydrogen (secondary N) is 1. The number of rotatable bonds is 4. The number of amides is 1. The van der Waals surface area contributed by atoms with Crippen LogP contribution in [0.15, 0.2) is 71.9 Å². The normalized spacial score (nSPS) is 21.9. The molecule has 7 nitrogen and oxygen atoms in total. The number of aliphatic hydroxyl groups is 1. The van der Waals surface area contributed by atoms with E-state index >= 15 is 0 Å². The zero-order chi connectivity index (χ0) is 22.8. The molecule has 2 aliphatic rings. The van der Waals surface area contributed by atoms with Gasteiger partial charge in [-0.15, -0.1) is 0 Å². The molecule has 0 radical (unpaired) electrons. The van der Waals surface area contributed by atoms with Gasteiger partial charge in [-0.3, -0.25) is 4.79 Å². The zero-order valence-corrected chi connectivity index (χ0v) is 18.5. The Morgan fingerprint density at radius 2 is 1.91 bits per heavy atom. The largest absolute Gasteiger partial charge is 0.390 e. The van der Waals surface area contributed by atoms with E-state index in [2.05, 4.69) is 15.3 Å². The van der Waals surface area contributed by atoms with Crippen LogP contribution in [0, 0.1) is 11.7 Å². The monoisotopic (exact) mass is 463 g/mol. The molecule has 2 aliphatic heterocycles. The molecular formula is C24H22FN5O2S. The maximum Gasteiger partial charge on any atom is 0.257 e. The highest BCUT2D eigenvalue weighted by Crippen LogP contribution is 2.46. The molecular weight excluding hydrogens is 441 g/mol. The molecule has 2 atom stereocenters. The van der Waals surface area contributed by atoms with Crippen molar-refractivity contribution < 1.29 is 14.3 Å². The van der Waals surface area contributed by atoms with Gasteiger partial charge in [-0.25, -0.2) is 19.4 Å². The second-order valence-corrected chi connectivity index (χ2v) is 9.05. The highest BCUT2D eigenvalue weighted by Gasteiger charge is 2.51. The molecule has 3 aromatic rings. The van der Waals surface area contributed by atoms with Crippen LogP contribution in [0.1, 0.15) is 21.6 Å². The molecule has 5 rings (SSSR count). The van der Waals surface area contributed by atoms with Crippen LogP contribution < -0.4 is 10.2 Å². The number of aliphatic hydroxyl groups excluding tert-OH is 1. The molecule has 2 aromatic carbocycles. The fourth-order valence-corrected chi connectivity index (χ4v) is 5.49. The smallest absolute Gasteiger partial charge is 0.257 e. The van der Waals surface area contributed by atoms with E-state index in [1.165, 1.54) is 11.8 Å². The minimum atomic E-state index is -0.630. The van der Waals surface area contributed by atoms with Crippen LogP contribution in [0.4, 0.5) is 10.3 Å². The summed E-state index contributed by atoms with van der Waals surface area (Å²) in [6.45, 7) is 0.609. The van der Waals surface area contributed by atoms with E-state index in [1.807, 2.05) is 53.4 Å². The molecule has 0 aliphatic carbocycles. The van der Waals surface area contributed by atoms with Crippen molar-refractivity contribution in [3.05, 3.63) is 89.5 Å². The summed E-state index contributed by atoms with van der Waals surface area (Å²) in [5.41, 5.74) is 0.968. The van der Waals surface area contributed by atoms with Crippen LogP contribution in [-0.2, 0) is 12.1 Å². The third kappa shape index (κ3) is 4.09. The topological polar surface area (TPSA) is 90.7 Å². The average Bonchev–Trinajstić information content (AvgIpc) is 3.25. The van der Waals surface area contributed by atoms with Crippen LogP contribution in [0.3, 0.4) is 0 Å². The minimum Gasteiger partial charge on any atom is -0.390 e. The number of fused-ring (bicyclic) bond motifs is 1. The molecule has 0 bridgehead atoms. The summed E-state index contributed by atoms with van der Waals surface area (Å²) in [6.07, 6.45) is 1.09. The Kier molecular flexibility index (Phi) is 5.82. The van der Waals surface area contributed by atoms with E-state index in [-0.39, 0.29) is 17.5 Å². The number of benzene rings is 2. The molecule has 9 heteroatoms. The molecule has 1 aromatic heterocycles. The lowest BCUT2D eigenvalue weighted by Crippen LogP contribution is -2.42. The van der Waals surface area contributed by atoms with Gasteiger partial charge in [0.15, 0.2) is 11.0 Å². The third-order valence-corrected chi connectivity index (χ3v) is 7.07. The van der Waals surface area contributed by atoms with Gasteiger partial charge in [-0.2, -0.15) is 0 Å². The van der Waals surface area contributed by atoms with Crippen LogP contribution >= 0.6 is 11.8 Å². The van der Waals surface area contributed by atoms with Gasteiger partial charge >= 0.3 is 0 Å². The molecule has 1 unspecified atom stereocenters. The van der Waals surface area contributed by atoms with E-state index in [4.69, 9.17) is 4.99 Å². The number of thioether (sulfide) groups is 1. The van der Waals surface area contributed by atoms with Crippen LogP contribution in [-0.4, -0.2) is 45.0 Å². The zero-order valence-electron chi connectivity index (χ0n) is 17.7. The number of hydrogen-bond acceptors (Lipinski definition) is 7. The van der Waals surface area contributed by atoms with Crippen molar-refractivity contribution in [3.63, 3.8) is 0 Å². The van der Waals surface area contributed by atoms with Crippen LogP contribution in [0.25, 0.3) is 0 Å². The molecule has 1 saturated heterocycles. The molecule has 168 valence electrons. The number of aromatic nitrogens is 2. The van der Waals surface area contributed by atoms with Crippen molar-refractivity contribution in [2.45, 2.75) is 12.1 Å². The van der Waals surface area contributed by atoms with E-state index in [0.29, 0.717) is 29.8 Å². The summed E-state index contributed by atoms with van der Waals surface area (Å²) in [6, 6.07) is 19.0. The number of amidine groups is 1. The lowest BCUT2D eigenvalue weighted by molar-refractivity contribution is 0.0977. The SMILES string of the molecule is O=C(NC1=NC2(c3ccccc3)CN(c3ncc(F)c(CO)n3)C[C@H]2CS1)c1ccccc1. The maximum atomic E-state index is 13.8. The Morgan fingerprint density at radius 3 is 2.64 bits per heavy atom. The second-order valence-electron chi connectivity index (χ2n) is 8.04. The molecule has 1 amide bonds. The van der Waals surface area contributed by atoms with Gasteiger partial charge in [-0.05, 0) is 17.7 Å². The Bertz CT molecular complexity index is 1190. The fourth-order valence-electron chi connectivity index (χ4n) is 4.36. The molecule has 33 heavy (non-hydrogen) atoms. The summed E-state index contributed by atoms with van der Waals surface area (Å²) < 4.78 is 13.8. The molecule has 1 fully saturated rings. The summed E-state index contributed by atoms with van der Waals surface area (Å²) >= 11 is 1.51. The number of halogens is 1. The average molecular weight is 464 g/mol. The maximum absolute atomic E-state index is 13.8. The lowest BCUT2D eigenvalue weighted by Gasteiger charge is -2.35. The van der Waals surface area contributed by atoms with Gasteiger partial charge in [0, 0.05) is 23.8 Å². The summed E-state index contributed by atoms with van der Waals surface area (Å²) in [5, 5.41) is 13.0. The first kappa shape index (κ1) is 21.5. The summed E-state index contributed by atoms with van der Waals surface area (Å²) in [4.78, 5) is 28.2. The second kappa shape index (κ2) is 8.92. The number of anilines is 1. The first-order valence-electron chi connectivity index (χ1n) is 10.6. The number of nitrogens with zero attached hydrogens (tertiary/aromatic N) is 4. The van der Waals surface area contributed by atoms with E-state index in [0.717, 1.165) is 17.5 Å². The number of carbonyl (C=O) groups is 1. The van der Waals surface area contributed by atoms with Crippen molar-refractivity contribution in [3.8, 4) is 0 Å². The first-order chi connectivity index (χ1) is 16.1. The number of carbonyl (C=O) groups excluding carboxylic acids is 1. The highest BCUT2D eigenvalue weighted by atomic mass is 32.2. The quantitative estimate of drug-likeness (QED) is 0.618. The Balaban J connectivity index is 1.49. The van der Waals surface area contributed by atoms with Crippen molar-refractivity contribution in [1.29, 1.82) is 0 Å². The Hall–Kier alpha value is -3.30. The van der Waals surface area contributed by atoms with Gasteiger partial charge < -0.3 is 15.3 Å². The Morgan fingerprint density at radius 1 is 1.18 bits per heavy atom. The summed E-state index contributed by atoms with van der Waals surface area (Å²) in [5.74, 6) is 0.407. The van der Waals surface area contributed by atoms with Crippen molar-refractivity contribution >= 4 is 28.8 Å². The Labute approximate surface area is 194 Å². The highest BCUT2D eigenvalue weighted by molar-refractivity contribution is 8.13. The van der Waals surface area contributed by atoms with Crippen LogP contribution in [0.5, 0.6) is 0 Å². The van der Waals surface area contributed by atoms with Crippen molar-refractivity contribution in [2.75, 3.05) is 23.7 Å². The van der Waals surface area contributed by atoms with Gasteiger partial charge in [0.05, 0.1) is 19.3 Å². The summed E-state index contributed by atoms with van der Waals surface area (Å²) in [7, 11) is 0. The predicted octanol–water partition coefficient (Wildman–Crippen LogP) is 2.97. The third-order valence-electron chi connectivity index (χ3n) is 6.04. The molecule has 0 spiro atoms. The first-order valence-corrected chi connectivity index (χ1v) is 11.6. The fraction of sp³-hybridized carbons (Fsp3) is 0.250. The van der Waals surface area contributed by atoms with Gasteiger partial charge in [-0.1, -0.05) is 60.3 Å². The van der Waals surface area contributed by atoms with E-state index in [9.17, 15) is 14.3 Å². The standard InChI is InChI=1S/C24H22FN5O2S/c25-19-11-26-22(27-20(19)13-31)30-12-18-14-33-23(28-21(32)16-7-3-1-4-8-16)29-24(18,15-30)17-9-5-2-6-10-17/h1-11,18,31H,12-15H2,(H,28,29,32)/t18-,24?/m0/s1.